The van der Waals surface area contributed by atoms with Crippen molar-refractivity contribution in [3.63, 3.8) is 0 Å². The topological polar surface area (TPSA) is 70.5 Å². The van der Waals surface area contributed by atoms with E-state index in [0.29, 0.717) is 18.9 Å². The van der Waals surface area contributed by atoms with Gasteiger partial charge in [0, 0.05) is 31.9 Å². The van der Waals surface area contributed by atoms with Crippen LogP contribution in [0.1, 0.15) is 44.1 Å². The molecule has 0 radical (unpaired) electrons. The SMILES string of the molecule is CC(C(=O)N1CCCC(CCC(=O)O)C1)c1cccnc1. The number of hydrogen-bond donors (Lipinski definition) is 1. The third-order valence-corrected chi connectivity index (χ3v) is 4.15. The number of likely N-dealkylation sites (tertiary alicyclic amines) is 1. The van der Waals surface area contributed by atoms with Crippen molar-refractivity contribution in [2.24, 2.45) is 5.92 Å². The Morgan fingerprint density at radius 2 is 2.33 bits per heavy atom. The van der Waals surface area contributed by atoms with Gasteiger partial charge in [0.2, 0.25) is 5.91 Å². The van der Waals surface area contributed by atoms with Gasteiger partial charge in [0.1, 0.15) is 0 Å². The minimum atomic E-state index is -0.762. The second-order valence-corrected chi connectivity index (χ2v) is 5.73. The van der Waals surface area contributed by atoms with Crippen molar-refractivity contribution in [2.75, 3.05) is 13.1 Å². The number of carbonyl (C=O) groups is 2. The molecule has 5 nitrogen and oxygen atoms in total. The van der Waals surface area contributed by atoms with Gasteiger partial charge >= 0.3 is 5.97 Å². The van der Waals surface area contributed by atoms with E-state index in [1.54, 1.807) is 12.4 Å². The third-order valence-electron chi connectivity index (χ3n) is 4.15. The standard InChI is InChI=1S/C16H22N2O3/c1-12(14-5-2-8-17-10-14)16(21)18-9-3-4-13(11-18)6-7-15(19)20/h2,5,8,10,12-13H,3-4,6-7,9,11H2,1H3,(H,19,20). The molecule has 21 heavy (non-hydrogen) atoms. The average molecular weight is 290 g/mol. The molecule has 1 amide bonds. The summed E-state index contributed by atoms with van der Waals surface area (Å²) in [5.41, 5.74) is 0.926. The summed E-state index contributed by atoms with van der Waals surface area (Å²) in [6, 6.07) is 3.76. The van der Waals surface area contributed by atoms with Gasteiger partial charge < -0.3 is 10.0 Å². The lowest BCUT2D eigenvalue weighted by atomic mass is 9.92. The highest BCUT2D eigenvalue weighted by molar-refractivity contribution is 5.83. The lowest BCUT2D eigenvalue weighted by Gasteiger charge is -2.34. The van der Waals surface area contributed by atoms with Crippen molar-refractivity contribution in [1.29, 1.82) is 0 Å². The first-order chi connectivity index (χ1) is 10.1. The Hall–Kier alpha value is -1.91. The fourth-order valence-corrected chi connectivity index (χ4v) is 2.88. The van der Waals surface area contributed by atoms with Crippen LogP contribution < -0.4 is 0 Å². The van der Waals surface area contributed by atoms with Gasteiger partial charge in [0.05, 0.1) is 5.92 Å². The number of rotatable bonds is 5. The first kappa shape index (κ1) is 15.5. The molecule has 2 atom stereocenters. The summed E-state index contributed by atoms with van der Waals surface area (Å²) < 4.78 is 0. The number of amides is 1. The van der Waals surface area contributed by atoms with Gasteiger partial charge in [-0.3, -0.25) is 14.6 Å². The normalized spacial score (nSPS) is 20.0. The molecule has 0 aromatic carbocycles. The van der Waals surface area contributed by atoms with E-state index in [-0.39, 0.29) is 18.2 Å². The smallest absolute Gasteiger partial charge is 0.303 e. The highest BCUT2D eigenvalue weighted by Crippen LogP contribution is 2.24. The van der Waals surface area contributed by atoms with E-state index in [0.717, 1.165) is 24.9 Å². The maximum absolute atomic E-state index is 12.6. The summed E-state index contributed by atoms with van der Waals surface area (Å²) in [5.74, 6) is -0.540. The van der Waals surface area contributed by atoms with Crippen LogP contribution in [0, 0.1) is 5.92 Å². The molecule has 0 saturated carbocycles. The third kappa shape index (κ3) is 4.28. The van der Waals surface area contributed by atoms with E-state index in [2.05, 4.69) is 4.98 Å². The maximum atomic E-state index is 12.6. The van der Waals surface area contributed by atoms with Crippen LogP contribution >= 0.6 is 0 Å². The minimum Gasteiger partial charge on any atom is -0.481 e. The number of hydrogen-bond acceptors (Lipinski definition) is 3. The van der Waals surface area contributed by atoms with Crippen LogP contribution in [0.4, 0.5) is 0 Å². The van der Waals surface area contributed by atoms with E-state index < -0.39 is 5.97 Å². The molecule has 1 aliphatic rings. The van der Waals surface area contributed by atoms with Gasteiger partial charge in [0.15, 0.2) is 0 Å². The zero-order valence-electron chi connectivity index (χ0n) is 12.4. The van der Waals surface area contributed by atoms with Crippen molar-refractivity contribution < 1.29 is 14.7 Å². The molecule has 1 aliphatic heterocycles. The lowest BCUT2D eigenvalue weighted by Crippen LogP contribution is -2.42. The number of carboxylic acids is 1. The Labute approximate surface area is 125 Å². The Morgan fingerprint density at radius 3 is 3.00 bits per heavy atom. The number of carboxylic acid groups (broad SMARTS) is 1. The van der Waals surface area contributed by atoms with Crippen LogP contribution in [-0.2, 0) is 9.59 Å². The molecule has 2 heterocycles. The van der Waals surface area contributed by atoms with E-state index in [4.69, 9.17) is 5.11 Å². The van der Waals surface area contributed by atoms with Gasteiger partial charge in [-0.05, 0) is 43.7 Å². The molecule has 0 aliphatic carbocycles. The number of pyridine rings is 1. The van der Waals surface area contributed by atoms with Crippen molar-refractivity contribution in [1.82, 2.24) is 9.88 Å². The molecule has 114 valence electrons. The number of piperidine rings is 1. The molecule has 1 aromatic rings. The quantitative estimate of drug-likeness (QED) is 0.903. The first-order valence-corrected chi connectivity index (χ1v) is 7.48. The molecule has 1 fully saturated rings. The average Bonchev–Trinajstić information content (AvgIpc) is 2.52. The fraction of sp³-hybridized carbons (Fsp3) is 0.562. The molecular weight excluding hydrogens is 268 g/mol. The molecule has 5 heteroatoms. The second kappa shape index (κ2) is 7.20. The van der Waals surface area contributed by atoms with Crippen molar-refractivity contribution in [3.05, 3.63) is 30.1 Å². The van der Waals surface area contributed by atoms with Crippen LogP contribution in [0.15, 0.2) is 24.5 Å². The monoisotopic (exact) mass is 290 g/mol. The molecule has 0 bridgehead atoms. The molecule has 1 N–H and O–H groups in total. The Kier molecular flexibility index (Phi) is 5.31. The van der Waals surface area contributed by atoms with Gasteiger partial charge in [-0.1, -0.05) is 6.07 Å². The molecule has 1 saturated heterocycles. The van der Waals surface area contributed by atoms with E-state index in [9.17, 15) is 9.59 Å². The molecule has 2 rings (SSSR count). The summed E-state index contributed by atoms with van der Waals surface area (Å²) in [6.07, 6.45) is 6.23. The van der Waals surface area contributed by atoms with Crippen LogP contribution in [0.2, 0.25) is 0 Å². The lowest BCUT2D eigenvalue weighted by molar-refractivity contribution is -0.137. The van der Waals surface area contributed by atoms with E-state index in [1.807, 2.05) is 24.0 Å². The highest BCUT2D eigenvalue weighted by Gasteiger charge is 2.27. The van der Waals surface area contributed by atoms with Crippen LogP contribution in [0.5, 0.6) is 0 Å². The van der Waals surface area contributed by atoms with Crippen molar-refractivity contribution >= 4 is 11.9 Å². The summed E-state index contributed by atoms with van der Waals surface area (Å²) >= 11 is 0. The molecule has 1 aromatic heterocycles. The molecule has 2 unspecified atom stereocenters. The van der Waals surface area contributed by atoms with E-state index >= 15 is 0 Å². The van der Waals surface area contributed by atoms with Crippen LogP contribution in [-0.4, -0.2) is 40.0 Å². The maximum Gasteiger partial charge on any atom is 0.303 e. The predicted octanol–water partition coefficient (Wildman–Crippen LogP) is 2.29. The number of nitrogens with zero attached hydrogens (tertiary/aromatic N) is 2. The van der Waals surface area contributed by atoms with Gasteiger partial charge in [-0.25, -0.2) is 0 Å². The number of aliphatic carboxylic acids is 1. The van der Waals surface area contributed by atoms with Crippen molar-refractivity contribution in [3.8, 4) is 0 Å². The minimum absolute atomic E-state index is 0.114. The zero-order valence-corrected chi connectivity index (χ0v) is 12.4. The fourth-order valence-electron chi connectivity index (χ4n) is 2.88. The number of carbonyl (C=O) groups excluding carboxylic acids is 1. The van der Waals surface area contributed by atoms with Gasteiger partial charge in [-0.2, -0.15) is 0 Å². The zero-order chi connectivity index (χ0) is 15.2. The summed E-state index contributed by atoms with van der Waals surface area (Å²) in [6.45, 7) is 3.35. The van der Waals surface area contributed by atoms with E-state index in [1.165, 1.54) is 0 Å². The van der Waals surface area contributed by atoms with Gasteiger partial charge in [-0.15, -0.1) is 0 Å². The Balaban J connectivity index is 1.94. The first-order valence-electron chi connectivity index (χ1n) is 7.48. The summed E-state index contributed by atoms with van der Waals surface area (Å²) in [4.78, 5) is 29.2. The Morgan fingerprint density at radius 1 is 1.52 bits per heavy atom. The largest absolute Gasteiger partial charge is 0.481 e. The summed E-state index contributed by atoms with van der Waals surface area (Å²) in [5, 5.41) is 8.77. The molecule has 0 spiro atoms. The highest BCUT2D eigenvalue weighted by atomic mass is 16.4. The predicted molar refractivity (Wildman–Crippen MR) is 78.8 cm³/mol. The van der Waals surface area contributed by atoms with Crippen molar-refractivity contribution in [2.45, 2.75) is 38.5 Å². The Bertz CT molecular complexity index is 490. The van der Waals surface area contributed by atoms with Gasteiger partial charge in [0.25, 0.3) is 0 Å². The van der Waals surface area contributed by atoms with Crippen LogP contribution in [0.25, 0.3) is 0 Å². The van der Waals surface area contributed by atoms with Crippen LogP contribution in [0.3, 0.4) is 0 Å². The second-order valence-electron chi connectivity index (χ2n) is 5.73. The molecular formula is C16H22N2O3. The summed E-state index contributed by atoms with van der Waals surface area (Å²) in [7, 11) is 0. The number of aromatic nitrogens is 1.